The molecule has 0 aliphatic carbocycles. The fourth-order valence-corrected chi connectivity index (χ4v) is 2.72. The average molecular weight is 383 g/mol. The highest BCUT2D eigenvalue weighted by Crippen LogP contribution is 2.30. The molecule has 3 rings (SSSR count). The molecule has 0 aliphatic heterocycles. The second-order valence-corrected chi connectivity index (χ2v) is 6.35. The van der Waals surface area contributed by atoms with Crippen molar-refractivity contribution in [1.29, 1.82) is 0 Å². The van der Waals surface area contributed by atoms with Gasteiger partial charge in [0.2, 0.25) is 0 Å². The van der Waals surface area contributed by atoms with Gasteiger partial charge in [-0.25, -0.2) is 9.97 Å². The van der Waals surface area contributed by atoms with Gasteiger partial charge in [-0.2, -0.15) is 0 Å². The molecule has 1 heterocycles. The molecule has 27 heavy (non-hydrogen) atoms. The molecule has 0 bridgehead atoms. The van der Waals surface area contributed by atoms with Gasteiger partial charge in [-0.3, -0.25) is 4.79 Å². The monoisotopic (exact) mass is 382 g/mol. The van der Waals surface area contributed by atoms with Gasteiger partial charge in [-0.15, -0.1) is 0 Å². The van der Waals surface area contributed by atoms with Crippen LogP contribution < -0.4 is 15.4 Å². The van der Waals surface area contributed by atoms with Crippen LogP contribution in [0.15, 0.2) is 48.5 Å². The van der Waals surface area contributed by atoms with Gasteiger partial charge >= 0.3 is 0 Å². The molecule has 3 aromatic rings. The molecule has 1 aromatic heterocycles. The van der Waals surface area contributed by atoms with E-state index in [1.54, 1.807) is 43.5 Å². The summed E-state index contributed by atoms with van der Waals surface area (Å²) in [6.07, 6.45) is 0. The zero-order valence-corrected chi connectivity index (χ0v) is 16.0. The fraction of sp³-hybridized carbons (Fsp3) is 0.150. The lowest BCUT2D eigenvalue weighted by atomic mass is 10.1. The maximum Gasteiger partial charge on any atom is 0.159 e. The molecule has 0 saturated heterocycles. The number of aromatic nitrogens is 2. The molecule has 0 radical (unpaired) electrons. The molecule has 2 aromatic carbocycles. The van der Waals surface area contributed by atoms with Crippen LogP contribution in [0.4, 0.5) is 23.0 Å². The summed E-state index contributed by atoms with van der Waals surface area (Å²) in [6.45, 7) is 3.35. The molecule has 0 fully saturated rings. The number of methoxy groups -OCH3 is 1. The summed E-state index contributed by atoms with van der Waals surface area (Å²) in [5, 5.41) is 7.02. The van der Waals surface area contributed by atoms with Gasteiger partial charge in [0.05, 0.1) is 12.8 Å². The summed E-state index contributed by atoms with van der Waals surface area (Å²) < 4.78 is 5.35. The van der Waals surface area contributed by atoms with E-state index >= 15 is 0 Å². The summed E-state index contributed by atoms with van der Waals surface area (Å²) >= 11 is 6.08. The van der Waals surface area contributed by atoms with E-state index in [2.05, 4.69) is 20.6 Å². The second-order valence-electron chi connectivity index (χ2n) is 5.91. The third kappa shape index (κ3) is 4.74. The minimum absolute atomic E-state index is 0.0291. The first kappa shape index (κ1) is 18.7. The zero-order chi connectivity index (χ0) is 19.4. The molecule has 0 aliphatic rings. The number of rotatable bonds is 6. The molecule has 0 atom stereocenters. The van der Waals surface area contributed by atoms with Gasteiger partial charge in [0.15, 0.2) is 5.78 Å². The minimum atomic E-state index is 0.0291. The highest BCUT2D eigenvalue weighted by atomic mass is 35.5. The number of ether oxygens (including phenoxy) is 1. The normalized spacial score (nSPS) is 10.4. The summed E-state index contributed by atoms with van der Waals surface area (Å²) in [5.74, 6) is 2.52. The Kier molecular flexibility index (Phi) is 5.57. The fourth-order valence-electron chi connectivity index (χ4n) is 2.55. The van der Waals surface area contributed by atoms with Crippen LogP contribution in [0.3, 0.4) is 0 Å². The number of ketones is 1. The Labute approximate surface area is 162 Å². The van der Waals surface area contributed by atoms with Crippen LogP contribution in [-0.2, 0) is 0 Å². The van der Waals surface area contributed by atoms with Crippen molar-refractivity contribution >= 4 is 40.4 Å². The van der Waals surface area contributed by atoms with Crippen molar-refractivity contribution in [2.75, 3.05) is 17.7 Å². The van der Waals surface area contributed by atoms with E-state index in [1.807, 2.05) is 19.1 Å². The lowest BCUT2D eigenvalue weighted by Gasteiger charge is -2.13. The van der Waals surface area contributed by atoms with Crippen LogP contribution in [0.25, 0.3) is 0 Å². The van der Waals surface area contributed by atoms with Crippen molar-refractivity contribution in [2.45, 2.75) is 13.8 Å². The third-order valence-corrected chi connectivity index (χ3v) is 4.06. The number of nitrogens with zero attached hydrogens (tertiary/aromatic N) is 2. The lowest BCUT2D eigenvalue weighted by Crippen LogP contribution is -2.02. The van der Waals surface area contributed by atoms with Gasteiger partial charge in [-0.1, -0.05) is 11.6 Å². The van der Waals surface area contributed by atoms with Crippen LogP contribution in [0.1, 0.15) is 23.1 Å². The summed E-state index contributed by atoms with van der Waals surface area (Å²) in [6, 6.07) is 14.3. The number of hydrogen-bond acceptors (Lipinski definition) is 6. The summed E-state index contributed by atoms with van der Waals surface area (Å²) in [5.41, 5.74) is 2.19. The predicted octanol–water partition coefficient (Wildman–Crippen LogP) is 5.14. The quantitative estimate of drug-likeness (QED) is 0.575. The molecular formula is C20H19ClN4O2. The van der Waals surface area contributed by atoms with Crippen LogP contribution in [0, 0.1) is 6.92 Å². The largest absolute Gasteiger partial charge is 0.495 e. The summed E-state index contributed by atoms with van der Waals surface area (Å²) in [7, 11) is 1.59. The number of carbonyl (C=O) groups excluding carboxylic acids is 1. The first-order valence-corrected chi connectivity index (χ1v) is 8.66. The molecule has 2 N–H and O–H groups in total. The van der Waals surface area contributed by atoms with Crippen molar-refractivity contribution in [3.8, 4) is 5.75 Å². The third-order valence-electron chi connectivity index (χ3n) is 3.83. The Morgan fingerprint density at radius 2 is 1.67 bits per heavy atom. The molecule has 6 nitrogen and oxygen atoms in total. The maximum atomic E-state index is 11.4. The summed E-state index contributed by atoms with van der Waals surface area (Å²) in [4.78, 5) is 20.2. The number of aryl methyl sites for hydroxylation is 1. The van der Waals surface area contributed by atoms with E-state index in [4.69, 9.17) is 16.3 Å². The van der Waals surface area contributed by atoms with Gasteiger partial charge in [0.1, 0.15) is 23.2 Å². The van der Waals surface area contributed by atoms with Crippen LogP contribution in [0.2, 0.25) is 5.02 Å². The molecule has 7 heteroatoms. The number of carbonyl (C=O) groups is 1. The molecular weight excluding hydrogens is 364 g/mol. The highest BCUT2D eigenvalue weighted by molar-refractivity contribution is 6.31. The Balaban J connectivity index is 1.84. The standard InChI is InChI=1S/C20H19ClN4O2/c1-12(26)14-4-7-16(8-5-14)24-19-11-20(23-13(2)22-19)25-17-10-15(21)6-9-18(17)27-3/h4-11H,1-3H3,(H2,22,23,24,25). The molecule has 0 spiro atoms. The Hall–Kier alpha value is -3.12. The lowest BCUT2D eigenvalue weighted by molar-refractivity contribution is 0.101. The molecule has 0 unspecified atom stereocenters. The van der Waals surface area contributed by atoms with E-state index in [9.17, 15) is 4.79 Å². The van der Waals surface area contributed by atoms with Gasteiger partial charge in [0, 0.05) is 22.3 Å². The van der Waals surface area contributed by atoms with E-state index in [1.165, 1.54) is 6.92 Å². The molecule has 0 amide bonds. The van der Waals surface area contributed by atoms with Gasteiger partial charge in [0.25, 0.3) is 0 Å². The predicted molar refractivity (Wildman–Crippen MR) is 108 cm³/mol. The second kappa shape index (κ2) is 8.05. The Morgan fingerprint density at radius 1 is 1.00 bits per heavy atom. The van der Waals surface area contributed by atoms with Crippen LogP contribution in [0.5, 0.6) is 5.75 Å². The maximum absolute atomic E-state index is 11.4. The number of anilines is 4. The van der Waals surface area contributed by atoms with Gasteiger partial charge < -0.3 is 15.4 Å². The van der Waals surface area contributed by atoms with Crippen molar-refractivity contribution < 1.29 is 9.53 Å². The molecule has 138 valence electrons. The SMILES string of the molecule is COc1ccc(Cl)cc1Nc1cc(Nc2ccc(C(C)=O)cc2)nc(C)n1. The van der Waals surface area contributed by atoms with E-state index in [-0.39, 0.29) is 5.78 Å². The Bertz CT molecular complexity index is 974. The van der Waals surface area contributed by atoms with E-state index in [0.29, 0.717) is 39.5 Å². The van der Waals surface area contributed by atoms with Crippen LogP contribution >= 0.6 is 11.6 Å². The number of benzene rings is 2. The first-order chi connectivity index (χ1) is 12.9. The van der Waals surface area contributed by atoms with Crippen molar-refractivity contribution in [2.24, 2.45) is 0 Å². The van der Waals surface area contributed by atoms with Crippen molar-refractivity contribution in [3.05, 3.63) is 64.9 Å². The van der Waals surface area contributed by atoms with Gasteiger partial charge in [-0.05, 0) is 56.3 Å². The minimum Gasteiger partial charge on any atom is -0.495 e. The number of Topliss-reactive ketones (excluding diaryl/α,β-unsaturated/α-hetero) is 1. The zero-order valence-electron chi connectivity index (χ0n) is 15.2. The van der Waals surface area contributed by atoms with E-state index < -0.39 is 0 Å². The van der Waals surface area contributed by atoms with Crippen LogP contribution in [-0.4, -0.2) is 22.9 Å². The Morgan fingerprint density at radius 3 is 2.30 bits per heavy atom. The van der Waals surface area contributed by atoms with E-state index in [0.717, 1.165) is 5.69 Å². The number of nitrogens with one attached hydrogen (secondary N) is 2. The molecule has 0 saturated carbocycles. The number of halogens is 1. The smallest absolute Gasteiger partial charge is 0.159 e. The van der Waals surface area contributed by atoms with Crippen molar-refractivity contribution in [1.82, 2.24) is 9.97 Å². The topological polar surface area (TPSA) is 76.1 Å². The number of hydrogen-bond donors (Lipinski definition) is 2. The highest BCUT2D eigenvalue weighted by Gasteiger charge is 2.08. The average Bonchev–Trinajstić information content (AvgIpc) is 2.62. The van der Waals surface area contributed by atoms with Crippen molar-refractivity contribution in [3.63, 3.8) is 0 Å². The first-order valence-electron chi connectivity index (χ1n) is 8.29.